The summed E-state index contributed by atoms with van der Waals surface area (Å²) in [7, 11) is 0. The van der Waals surface area contributed by atoms with Gasteiger partial charge in [0.05, 0.1) is 24.5 Å². The fraction of sp³-hybridized carbons (Fsp3) is 0.250. The minimum Gasteiger partial charge on any atom is -0.327 e. The molecule has 86 valence electrons. The maximum absolute atomic E-state index is 12.2. The highest BCUT2D eigenvalue weighted by molar-refractivity contribution is 5.92. The minimum atomic E-state index is -0.0328. The maximum atomic E-state index is 12.2. The fourth-order valence-electron chi connectivity index (χ4n) is 2.08. The van der Waals surface area contributed by atoms with Crippen molar-refractivity contribution < 1.29 is 4.79 Å². The van der Waals surface area contributed by atoms with Crippen LogP contribution >= 0.6 is 0 Å². The Morgan fingerprint density at radius 3 is 3.00 bits per heavy atom. The van der Waals surface area contributed by atoms with Gasteiger partial charge in [0.1, 0.15) is 5.69 Å². The Balaban J connectivity index is 1.83. The van der Waals surface area contributed by atoms with E-state index < -0.39 is 0 Å². The third-order valence-electron chi connectivity index (χ3n) is 3.03. The first-order valence-corrected chi connectivity index (χ1v) is 5.48. The van der Waals surface area contributed by atoms with Gasteiger partial charge in [0.15, 0.2) is 0 Å². The molecule has 0 saturated heterocycles. The summed E-state index contributed by atoms with van der Waals surface area (Å²) < 4.78 is 0. The van der Waals surface area contributed by atoms with Crippen LogP contribution in [0.25, 0.3) is 0 Å². The number of carbonyl (C=O) groups excluding carboxylic acids is 1. The highest BCUT2D eigenvalue weighted by Crippen LogP contribution is 2.24. The number of hydrogen-bond acceptors (Lipinski definition) is 3. The molecule has 3 rings (SSSR count). The lowest BCUT2D eigenvalue weighted by atomic mass is 10.2. The Morgan fingerprint density at radius 1 is 1.41 bits per heavy atom. The molecular formula is C12H12N4O. The minimum absolute atomic E-state index is 0.0328. The van der Waals surface area contributed by atoms with E-state index in [1.807, 2.05) is 13.0 Å². The standard InChI is InChI=1S/C12H12N4O/c1-8-9-6-16(7-11(9)15-14-8)12(17)10-4-2-3-5-13-10/h2-5H,6-7H2,1H3,(H,14,15). The van der Waals surface area contributed by atoms with Crippen LogP contribution in [0.4, 0.5) is 0 Å². The van der Waals surface area contributed by atoms with Crippen molar-refractivity contribution in [2.45, 2.75) is 20.0 Å². The average molecular weight is 228 g/mol. The van der Waals surface area contributed by atoms with E-state index in [0.717, 1.165) is 17.0 Å². The number of aromatic nitrogens is 3. The van der Waals surface area contributed by atoms with Crippen molar-refractivity contribution in [1.82, 2.24) is 20.1 Å². The summed E-state index contributed by atoms with van der Waals surface area (Å²) in [5, 5.41) is 7.08. The normalized spacial score (nSPS) is 13.8. The van der Waals surface area contributed by atoms with Crippen LogP contribution in [0.1, 0.15) is 27.4 Å². The van der Waals surface area contributed by atoms with Crippen LogP contribution in [0.2, 0.25) is 0 Å². The highest BCUT2D eigenvalue weighted by Gasteiger charge is 2.27. The molecule has 1 aliphatic heterocycles. The summed E-state index contributed by atoms with van der Waals surface area (Å²) in [4.78, 5) is 18.0. The van der Waals surface area contributed by atoms with E-state index in [-0.39, 0.29) is 5.91 Å². The molecule has 0 aliphatic carbocycles. The van der Waals surface area contributed by atoms with Crippen molar-refractivity contribution in [2.75, 3.05) is 0 Å². The first kappa shape index (κ1) is 10.0. The molecule has 0 bridgehead atoms. The number of rotatable bonds is 1. The summed E-state index contributed by atoms with van der Waals surface area (Å²) in [6.07, 6.45) is 1.63. The van der Waals surface area contributed by atoms with Gasteiger partial charge < -0.3 is 4.90 Å². The number of pyridine rings is 1. The monoisotopic (exact) mass is 228 g/mol. The summed E-state index contributed by atoms with van der Waals surface area (Å²) in [6.45, 7) is 3.16. The van der Waals surface area contributed by atoms with Gasteiger partial charge in [-0.1, -0.05) is 6.07 Å². The molecule has 0 spiro atoms. The predicted octanol–water partition coefficient (Wildman–Crippen LogP) is 1.27. The third-order valence-corrected chi connectivity index (χ3v) is 3.03. The molecule has 1 aliphatic rings. The first-order valence-electron chi connectivity index (χ1n) is 5.48. The van der Waals surface area contributed by atoms with E-state index in [2.05, 4.69) is 15.2 Å². The quantitative estimate of drug-likeness (QED) is 0.799. The van der Waals surface area contributed by atoms with Crippen LogP contribution in [0, 0.1) is 6.92 Å². The zero-order valence-corrected chi connectivity index (χ0v) is 9.47. The van der Waals surface area contributed by atoms with Crippen LogP contribution in [0.3, 0.4) is 0 Å². The maximum Gasteiger partial charge on any atom is 0.273 e. The topological polar surface area (TPSA) is 61.9 Å². The van der Waals surface area contributed by atoms with E-state index in [1.54, 1.807) is 23.2 Å². The molecule has 17 heavy (non-hydrogen) atoms. The molecule has 0 saturated carbocycles. The molecule has 0 atom stereocenters. The number of nitrogens with one attached hydrogen (secondary N) is 1. The Kier molecular flexibility index (Phi) is 2.18. The predicted molar refractivity (Wildman–Crippen MR) is 61.1 cm³/mol. The summed E-state index contributed by atoms with van der Waals surface area (Å²) >= 11 is 0. The Hall–Kier alpha value is -2.17. The molecule has 3 heterocycles. The lowest BCUT2D eigenvalue weighted by Crippen LogP contribution is -2.26. The molecule has 1 N–H and O–H groups in total. The largest absolute Gasteiger partial charge is 0.327 e. The third kappa shape index (κ3) is 1.60. The van der Waals surface area contributed by atoms with Crippen molar-refractivity contribution in [3.63, 3.8) is 0 Å². The molecule has 0 fully saturated rings. The van der Waals surface area contributed by atoms with Crippen LogP contribution in [-0.4, -0.2) is 26.0 Å². The molecular weight excluding hydrogens is 216 g/mol. The van der Waals surface area contributed by atoms with Crippen LogP contribution in [-0.2, 0) is 13.1 Å². The molecule has 0 unspecified atom stereocenters. The SMILES string of the molecule is Cc1n[nH]c2c1CN(C(=O)c1ccccn1)C2. The molecule has 2 aromatic rings. The van der Waals surface area contributed by atoms with Crippen LogP contribution < -0.4 is 0 Å². The van der Waals surface area contributed by atoms with Gasteiger partial charge in [0.25, 0.3) is 5.91 Å². The number of H-pyrrole nitrogens is 1. The van der Waals surface area contributed by atoms with Gasteiger partial charge in [-0.3, -0.25) is 14.9 Å². The molecule has 5 nitrogen and oxygen atoms in total. The molecule has 2 aromatic heterocycles. The highest BCUT2D eigenvalue weighted by atomic mass is 16.2. The van der Waals surface area contributed by atoms with Crippen molar-refractivity contribution in [1.29, 1.82) is 0 Å². The number of hydrogen-bond donors (Lipinski definition) is 1. The summed E-state index contributed by atoms with van der Waals surface area (Å²) in [5.41, 5.74) is 3.63. The van der Waals surface area contributed by atoms with Gasteiger partial charge >= 0.3 is 0 Å². The number of fused-ring (bicyclic) bond motifs is 1. The molecule has 0 radical (unpaired) electrons. The van der Waals surface area contributed by atoms with Gasteiger partial charge in [0.2, 0.25) is 0 Å². The van der Waals surface area contributed by atoms with Crippen molar-refractivity contribution in [3.8, 4) is 0 Å². The number of aromatic amines is 1. The lowest BCUT2D eigenvalue weighted by molar-refractivity contribution is 0.0743. The van der Waals surface area contributed by atoms with Gasteiger partial charge in [-0.05, 0) is 19.1 Å². The lowest BCUT2D eigenvalue weighted by Gasteiger charge is -2.14. The number of amides is 1. The summed E-state index contributed by atoms with van der Waals surface area (Å²) in [5.74, 6) is -0.0328. The van der Waals surface area contributed by atoms with E-state index in [1.165, 1.54) is 0 Å². The van der Waals surface area contributed by atoms with Gasteiger partial charge in [-0.2, -0.15) is 5.10 Å². The fourth-order valence-corrected chi connectivity index (χ4v) is 2.08. The van der Waals surface area contributed by atoms with Gasteiger partial charge in [0, 0.05) is 11.8 Å². The van der Waals surface area contributed by atoms with Crippen LogP contribution in [0.15, 0.2) is 24.4 Å². The Morgan fingerprint density at radius 2 is 2.29 bits per heavy atom. The van der Waals surface area contributed by atoms with Crippen LogP contribution in [0.5, 0.6) is 0 Å². The van der Waals surface area contributed by atoms with E-state index in [9.17, 15) is 4.79 Å². The van der Waals surface area contributed by atoms with Gasteiger partial charge in [-0.25, -0.2) is 0 Å². The zero-order chi connectivity index (χ0) is 11.8. The number of aryl methyl sites for hydroxylation is 1. The Bertz CT molecular complexity index is 561. The van der Waals surface area contributed by atoms with E-state index in [4.69, 9.17) is 0 Å². The smallest absolute Gasteiger partial charge is 0.273 e. The average Bonchev–Trinajstić information content (AvgIpc) is 2.92. The molecule has 1 amide bonds. The first-order chi connectivity index (χ1) is 8.25. The van der Waals surface area contributed by atoms with E-state index >= 15 is 0 Å². The number of carbonyl (C=O) groups is 1. The number of nitrogens with zero attached hydrogens (tertiary/aromatic N) is 3. The second-order valence-electron chi connectivity index (χ2n) is 4.14. The zero-order valence-electron chi connectivity index (χ0n) is 9.47. The second-order valence-corrected chi connectivity index (χ2v) is 4.14. The van der Waals surface area contributed by atoms with Gasteiger partial charge in [-0.15, -0.1) is 0 Å². The van der Waals surface area contributed by atoms with E-state index in [0.29, 0.717) is 18.8 Å². The summed E-state index contributed by atoms with van der Waals surface area (Å²) in [6, 6.07) is 5.36. The second kappa shape index (κ2) is 3.69. The Labute approximate surface area is 98.5 Å². The molecule has 0 aromatic carbocycles. The van der Waals surface area contributed by atoms with Crippen molar-refractivity contribution in [2.24, 2.45) is 0 Å². The molecule has 5 heteroatoms. The van der Waals surface area contributed by atoms with Crippen molar-refractivity contribution in [3.05, 3.63) is 47.0 Å². The van der Waals surface area contributed by atoms with Crippen molar-refractivity contribution >= 4 is 5.91 Å².